The largest absolute Gasteiger partial charge is 0.355 e. The van der Waals surface area contributed by atoms with Crippen LogP contribution in [0.3, 0.4) is 0 Å². The molecule has 0 unspecified atom stereocenters. The number of carbonyl (C=O) groups is 2. The van der Waals surface area contributed by atoms with Crippen LogP contribution in [0.2, 0.25) is 0 Å². The lowest BCUT2D eigenvalue weighted by Crippen LogP contribution is -2.37. The molecule has 0 aromatic heterocycles. The van der Waals surface area contributed by atoms with E-state index in [0.29, 0.717) is 18.4 Å². The van der Waals surface area contributed by atoms with Crippen molar-refractivity contribution in [1.82, 2.24) is 10.6 Å². The van der Waals surface area contributed by atoms with Gasteiger partial charge in [-0.3, -0.25) is 9.59 Å². The van der Waals surface area contributed by atoms with E-state index in [0.717, 1.165) is 32.2 Å². The third-order valence-corrected chi connectivity index (χ3v) is 3.74. The predicted octanol–water partition coefficient (Wildman–Crippen LogP) is 3.45. The van der Waals surface area contributed by atoms with Gasteiger partial charge in [0.25, 0.3) is 0 Å². The van der Waals surface area contributed by atoms with Crippen LogP contribution < -0.4 is 10.6 Å². The number of rotatable bonds is 14. The normalized spacial score (nSPS) is 11.2. The molecule has 0 aliphatic carbocycles. The Balaban J connectivity index is 3.24. The highest BCUT2D eigenvalue weighted by atomic mass is 16.2. The van der Waals surface area contributed by atoms with Crippen LogP contribution >= 0.6 is 0 Å². The van der Waals surface area contributed by atoms with Crippen molar-refractivity contribution in [2.45, 2.75) is 85.1 Å². The van der Waals surface area contributed by atoms with Crippen LogP contribution in [0.1, 0.15) is 79.1 Å². The molecule has 0 aromatic carbocycles. The average molecular weight is 312 g/mol. The molecule has 2 N–H and O–H groups in total. The Labute approximate surface area is 136 Å². The molecule has 0 spiro atoms. The third kappa shape index (κ3) is 14.1. The van der Waals surface area contributed by atoms with Crippen LogP contribution in [0, 0.1) is 5.92 Å². The summed E-state index contributed by atoms with van der Waals surface area (Å²) in [4.78, 5) is 22.9. The molecule has 22 heavy (non-hydrogen) atoms. The van der Waals surface area contributed by atoms with Gasteiger partial charge in [0, 0.05) is 24.9 Å². The zero-order chi connectivity index (χ0) is 16.8. The number of unbranched alkanes of at least 4 members (excludes halogenated alkanes) is 6. The molecular weight excluding hydrogens is 276 g/mol. The second-order valence-corrected chi connectivity index (χ2v) is 6.73. The molecule has 0 aliphatic rings. The number of nitrogens with one attached hydrogen (secondary N) is 2. The highest BCUT2D eigenvalue weighted by Crippen LogP contribution is 2.10. The Morgan fingerprint density at radius 3 is 1.91 bits per heavy atom. The van der Waals surface area contributed by atoms with Gasteiger partial charge in [-0.1, -0.05) is 59.8 Å². The van der Waals surface area contributed by atoms with Gasteiger partial charge in [0.15, 0.2) is 0 Å². The lowest BCUT2D eigenvalue weighted by atomic mass is 10.0. The molecule has 4 heteroatoms. The van der Waals surface area contributed by atoms with Crippen LogP contribution in [0.5, 0.6) is 0 Å². The molecule has 0 heterocycles. The number of amides is 1. The summed E-state index contributed by atoms with van der Waals surface area (Å²) in [6.07, 6.45) is 8.84. The maximum Gasteiger partial charge on any atom is 0.233 e. The van der Waals surface area contributed by atoms with Crippen molar-refractivity contribution in [3.8, 4) is 0 Å². The van der Waals surface area contributed by atoms with E-state index >= 15 is 0 Å². The van der Waals surface area contributed by atoms with Crippen LogP contribution in [0.15, 0.2) is 0 Å². The minimum Gasteiger partial charge on any atom is -0.355 e. The highest BCUT2D eigenvalue weighted by molar-refractivity contribution is 5.80. The highest BCUT2D eigenvalue weighted by Gasteiger charge is 2.05. The summed E-state index contributed by atoms with van der Waals surface area (Å²) in [7, 11) is 0. The topological polar surface area (TPSA) is 58.2 Å². The zero-order valence-corrected chi connectivity index (χ0v) is 15.0. The van der Waals surface area contributed by atoms with Crippen molar-refractivity contribution < 1.29 is 9.59 Å². The molecule has 130 valence electrons. The summed E-state index contributed by atoms with van der Waals surface area (Å²) < 4.78 is 0. The summed E-state index contributed by atoms with van der Waals surface area (Å²) in [6, 6.07) is 0.349. The van der Waals surface area contributed by atoms with Gasteiger partial charge in [-0.15, -0.1) is 0 Å². The Morgan fingerprint density at radius 1 is 0.818 bits per heavy atom. The summed E-state index contributed by atoms with van der Waals surface area (Å²) in [5.74, 6) is 0.664. The molecule has 0 rings (SSSR count). The number of carbonyl (C=O) groups excluding carboxylic acids is 2. The van der Waals surface area contributed by atoms with E-state index in [9.17, 15) is 9.59 Å². The second kappa shape index (κ2) is 13.7. The van der Waals surface area contributed by atoms with Crippen LogP contribution in [0.25, 0.3) is 0 Å². The summed E-state index contributed by atoms with van der Waals surface area (Å²) in [5.41, 5.74) is 0. The van der Waals surface area contributed by atoms with E-state index in [1.807, 2.05) is 27.7 Å². The van der Waals surface area contributed by atoms with Crippen molar-refractivity contribution in [1.29, 1.82) is 0 Å². The molecule has 0 fully saturated rings. The van der Waals surface area contributed by atoms with Crippen LogP contribution in [-0.2, 0) is 9.59 Å². The van der Waals surface area contributed by atoms with Crippen molar-refractivity contribution in [2.75, 3.05) is 13.1 Å². The lowest BCUT2D eigenvalue weighted by molar-refractivity contribution is -0.122. The quantitative estimate of drug-likeness (QED) is 0.483. The summed E-state index contributed by atoms with van der Waals surface area (Å²) in [5, 5.41) is 6.04. The lowest BCUT2D eigenvalue weighted by Gasteiger charge is -2.08. The Hall–Kier alpha value is -0.900. The third-order valence-electron chi connectivity index (χ3n) is 3.74. The maximum absolute atomic E-state index is 11.5. The van der Waals surface area contributed by atoms with E-state index in [-0.39, 0.29) is 11.8 Å². The van der Waals surface area contributed by atoms with Crippen molar-refractivity contribution in [3.63, 3.8) is 0 Å². The Kier molecular flexibility index (Phi) is 13.2. The molecule has 0 saturated carbocycles. The molecule has 0 saturated heterocycles. The molecule has 0 aliphatic heterocycles. The van der Waals surface area contributed by atoms with Crippen molar-refractivity contribution in [2.24, 2.45) is 5.92 Å². The minimum absolute atomic E-state index is 0.0866. The van der Waals surface area contributed by atoms with E-state index in [1.54, 1.807) is 0 Å². The van der Waals surface area contributed by atoms with Crippen LogP contribution in [-0.4, -0.2) is 30.8 Å². The first-order valence-electron chi connectivity index (χ1n) is 8.96. The summed E-state index contributed by atoms with van der Waals surface area (Å²) >= 11 is 0. The van der Waals surface area contributed by atoms with Gasteiger partial charge in [0.1, 0.15) is 5.78 Å². The monoisotopic (exact) mass is 312 g/mol. The van der Waals surface area contributed by atoms with Crippen LogP contribution in [0.4, 0.5) is 0 Å². The average Bonchev–Trinajstić information content (AvgIpc) is 2.46. The number of hydrogen-bond acceptors (Lipinski definition) is 3. The Bertz CT molecular complexity index is 301. The fraction of sp³-hybridized carbons (Fsp3) is 0.889. The fourth-order valence-corrected chi connectivity index (χ4v) is 2.18. The smallest absolute Gasteiger partial charge is 0.233 e. The summed E-state index contributed by atoms with van der Waals surface area (Å²) in [6.45, 7) is 9.20. The molecule has 0 atom stereocenters. The number of hydrogen-bond donors (Lipinski definition) is 2. The molecule has 1 amide bonds. The van der Waals surface area contributed by atoms with Crippen molar-refractivity contribution >= 4 is 11.7 Å². The molecule has 0 bridgehead atoms. The van der Waals surface area contributed by atoms with E-state index in [4.69, 9.17) is 0 Å². The first-order valence-corrected chi connectivity index (χ1v) is 8.96. The first kappa shape index (κ1) is 21.1. The van der Waals surface area contributed by atoms with Gasteiger partial charge in [0.05, 0.1) is 6.54 Å². The van der Waals surface area contributed by atoms with Gasteiger partial charge in [-0.05, 0) is 12.8 Å². The Morgan fingerprint density at radius 2 is 1.36 bits per heavy atom. The second-order valence-electron chi connectivity index (χ2n) is 6.73. The molecular formula is C18H36N2O2. The van der Waals surface area contributed by atoms with Gasteiger partial charge < -0.3 is 10.6 Å². The van der Waals surface area contributed by atoms with Gasteiger partial charge >= 0.3 is 0 Å². The molecule has 0 aromatic rings. The van der Waals surface area contributed by atoms with E-state index in [1.165, 1.54) is 25.7 Å². The molecule has 4 nitrogen and oxygen atoms in total. The predicted molar refractivity (Wildman–Crippen MR) is 92.9 cm³/mol. The minimum atomic E-state index is 0.0866. The van der Waals surface area contributed by atoms with E-state index in [2.05, 4.69) is 10.6 Å². The number of ketones is 1. The fourth-order valence-electron chi connectivity index (χ4n) is 2.18. The standard InChI is InChI=1S/C18H36N2O2/c1-15(2)17(21)12-10-8-6-5-7-9-11-13-19-18(22)14-20-16(3)4/h15-16,20H,5-14H2,1-4H3,(H,19,22). The SMILES string of the molecule is CC(C)NCC(=O)NCCCCCCCCCC(=O)C(C)C. The zero-order valence-electron chi connectivity index (χ0n) is 15.0. The number of Topliss-reactive ketones (excluding diaryl/α,β-unsaturated/α-hetero) is 1. The maximum atomic E-state index is 11.5. The van der Waals surface area contributed by atoms with Crippen molar-refractivity contribution in [3.05, 3.63) is 0 Å². The molecule has 0 radical (unpaired) electrons. The van der Waals surface area contributed by atoms with E-state index < -0.39 is 0 Å². The van der Waals surface area contributed by atoms with Gasteiger partial charge in [-0.2, -0.15) is 0 Å². The first-order chi connectivity index (χ1) is 10.4. The van der Waals surface area contributed by atoms with Gasteiger partial charge in [-0.25, -0.2) is 0 Å². The van der Waals surface area contributed by atoms with Gasteiger partial charge in [0.2, 0.25) is 5.91 Å².